The van der Waals surface area contributed by atoms with Crippen molar-refractivity contribution in [1.29, 1.82) is 0 Å². The highest BCUT2D eigenvalue weighted by atomic mass is 35.5. The summed E-state index contributed by atoms with van der Waals surface area (Å²) in [5, 5.41) is 0.588. The molecule has 0 N–H and O–H groups in total. The van der Waals surface area contributed by atoms with Gasteiger partial charge in [-0.05, 0) is 38.4 Å². The van der Waals surface area contributed by atoms with Crippen LogP contribution in [0.5, 0.6) is 0 Å². The minimum absolute atomic E-state index is 0.588. The molecule has 0 aromatic carbocycles. The van der Waals surface area contributed by atoms with Gasteiger partial charge in [0.15, 0.2) is 0 Å². The molecule has 2 bridgehead atoms. The molecule has 0 amide bonds. The Morgan fingerprint density at radius 2 is 2.06 bits per heavy atom. The lowest BCUT2D eigenvalue weighted by Crippen LogP contribution is -2.36. The maximum Gasteiger partial charge on any atom is 0.131 e. The first-order valence-electron chi connectivity index (χ1n) is 6.33. The summed E-state index contributed by atoms with van der Waals surface area (Å²) < 4.78 is 0. The van der Waals surface area contributed by atoms with Crippen LogP contribution in [0.4, 0.5) is 5.82 Å². The topological polar surface area (TPSA) is 19.4 Å². The molecule has 1 aromatic rings. The lowest BCUT2D eigenvalue weighted by molar-refractivity contribution is 0.254. The van der Waals surface area contributed by atoms with E-state index in [4.69, 9.17) is 11.6 Å². The third-order valence-corrected chi connectivity index (χ3v) is 4.38. The number of anilines is 1. The molecule has 3 heterocycles. The number of fused-ring (bicyclic) bond motifs is 2. The second-order valence-corrected chi connectivity index (χ2v) is 5.49. The van der Waals surface area contributed by atoms with Crippen LogP contribution in [0.2, 0.25) is 5.15 Å². The number of likely N-dealkylation sites (N-methyl/N-ethyl adjacent to an activating group) is 1. The van der Waals surface area contributed by atoms with Gasteiger partial charge in [-0.1, -0.05) is 17.7 Å². The zero-order valence-corrected chi connectivity index (χ0v) is 10.9. The van der Waals surface area contributed by atoms with Crippen LogP contribution in [0.25, 0.3) is 0 Å². The standard InChI is InChI=1S/C13H18ClN3/c1-16-10-5-6-11(16)9-17(8-7-10)13-4-2-3-12(14)15-13/h2-4,10-11H,5-9H2,1H3. The molecule has 3 nitrogen and oxygen atoms in total. The molecule has 2 unspecified atom stereocenters. The fourth-order valence-electron chi connectivity index (χ4n) is 3.09. The predicted octanol–water partition coefficient (Wildman–Crippen LogP) is 2.41. The number of hydrogen-bond donors (Lipinski definition) is 0. The SMILES string of the molecule is CN1C2CCC1CN(c1cccc(Cl)n1)CC2. The number of hydrogen-bond acceptors (Lipinski definition) is 3. The van der Waals surface area contributed by atoms with Gasteiger partial charge in [0, 0.05) is 25.2 Å². The van der Waals surface area contributed by atoms with Crippen molar-refractivity contribution in [2.45, 2.75) is 31.3 Å². The highest BCUT2D eigenvalue weighted by Crippen LogP contribution is 2.30. The Balaban J connectivity index is 1.81. The van der Waals surface area contributed by atoms with Crippen LogP contribution in [0.1, 0.15) is 19.3 Å². The molecule has 92 valence electrons. The van der Waals surface area contributed by atoms with Gasteiger partial charge in [-0.25, -0.2) is 4.98 Å². The summed E-state index contributed by atoms with van der Waals surface area (Å²) in [5.74, 6) is 1.03. The third kappa shape index (κ3) is 2.14. The van der Waals surface area contributed by atoms with E-state index in [1.54, 1.807) is 0 Å². The summed E-state index contributed by atoms with van der Waals surface area (Å²) >= 11 is 5.96. The number of aromatic nitrogens is 1. The minimum Gasteiger partial charge on any atom is -0.355 e. The molecule has 4 heteroatoms. The molecule has 17 heavy (non-hydrogen) atoms. The number of halogens is 1. The van der Waals surface area contributed by atoms with Gasteiger partial charge in [0.1, 0.15) is 11.0 Å². The third-order valence-electron chi connectivity index (χ3n) is 4.17. The largest absolute Gasteiger partial charge is 0.355 e. The summed E-state index contributed by atoms with van der Waals surface area (Å²) in [6.07, 6.45) is 3.91. The van der Waals surface area contributed by atoms with E-state index in [0.29, 0.717) is 11.2 Å². The summed E-state index contributed by atoms with van der Waals surface area (Å²) in [6, 6.07) is 7.33. The normalized spacial score (nSPS) is 29.4. The average molecular weight is 252 g/mol. The first-order chi connectivity index (χ1) is 8.24. The van der Waals surface area contributed by atoms with Crippen molar-refractivity contribution in [2.24, 2.45) is 0 Å². The van der Waals surface area contributed by atoms with Crippen LogP contribution in [0.3, 0.4) is 0 Å². The molecule has 0 saturated carbocycles. The van der Waals surface area contributed by atoms with Crippen LogP contribution in [-0.2, 0) is 0 Å². The van der Waals surface area contributed by atoms with Crippen LogP contribution in [-0.4, -0.2) is 42.1 Å². The number of nitrogens with zero attached hydrogens (tertiary/aromatic N) is 3. The Morgan fingerprint density at radius 3 is 2.88 bits per heavy atom. The van der Waals surface area contributed by atoms with Gasteiger partial charge in [0.25, 0.3) is 0 Å². The molecule has 0 radical (unpaired) electrons. The van der Waals surface area contributed by atoms with Gasteiger partial charge < -0.3 is 4.90 Å². The van der Waals surface area contributed by atoms with Crippen molar-refractivity contribution in [3.8, 4) is 0 Å². The fraction of sp³-hybridized carbons (Fsp3) is 0.615. The Morgan fingerprint density at radius 1 is 1.24 bits per heavy atom. The molecule has 2 saturated heterocycles. The second kappa shape index (κ2) is 4.46. The van der Waals surface area contributed by atoms with Crippen molar-refractivity contribution in [1.82, 2.24) is 9.88 Å². The Bertz CT molecular complexity index is 409. The van der Waals surface area contributed by atoms with Gasteiger partial charge in [-0.2, -0.15) is 0 Å². The molecule has 2 fully saturated rings. The summed E-state index contributed by atoms with van der Waals surface area (Å²) in [4.78, 5) is 9.35. The van der Waals surface area contributed by atoms with Crippen molar-refractivity contribution in [3.05, 3.63) is 23.4 Å². The van der Waals surface area contributed by atoms with Gasteiger partial charge in [-0.15, -0.1) is 0 Å². The van der Waals surface area contributed by atoms with E-state index in [-0.39, 0.29) is 0 Å². The molecule has 1 aromatic heterocycles. The molecular formula is C13H18ClN3. The van der Waals surface area contributed by atoms with Crippen LogP contribution >= 0.6 is 11.6 Å². The van der Waals surface area contributed by atoms with E-state index in [1.807, 2.05) is 12.1 Å². The summed E-state index contributed by atoms with van der Waals surface area (Å²) in [7, 11) is 2.26. The number of pyridine rings is 1. The van der Waals surface area contributed by atoms with Gasteiger partial charge in [-0.3, -0.25) is 4.90 Å². The molecular weight excluding hydrogens is 234 g/mol. The van der Waals surface area contributed by atoms with Gasteiger partial charge in [0.05, 0.1) is 0 Å². The Kier molecular flexibility index (Phi) is 2.97. The van der Waals surface area contributed by atoms with E-state index in [9.17, 15) is 0 Å². The van der Waals surface area contributed by atoms with Crippen molar-refractivity contribution >= 4 is 17.4 Å². The lowest BCUT2D eigenvalue weighted by atomic mass is 10.1. The first kappa shape index (κ1) is 11.3. The van der Waals surface area contributed by atoms with Crippen LogP contribution in [0, 0.1) is 0 Å². The smallest absolute Gasteiger partial charge is 0.131 e. The lowest BCUT2D eigenvalue weighted by Gasteiger charge is -2.26. The van der Waals surface area contributed by atoms with E-state index in [0.717, 1.165) is 24.9 Å². The zero-order chi connectivity index (χ0) is 11.8. The van der Waals surface area contributed by atoms with Crippen LogP contribution in [0.15, 0.2) is 18.2 Å². The van der Waals surface area contributed by atoms with Gasteiger partial charge in [0.2, 0.25) is 0 Å². The summed E-state index contributed by atoms with van der Waals surface area (Å²) in [5.41, 5.74) is 0. The molecule has 2 aliphatic rings. The van der Waals surface area contributed by atoms with E-state index >= 15 is 0 Å². The maximum atomic E-state index is 5.96. The molecule has 3 rings (SSSR count). The van der Waals surface area contributed by atoms with Crippen LogP contribution < -0.4 is 4.90 Å². The number of rotatable bonds is 1. The highest BCUT2D eigenvalue weighted by molar-refractivity contribution is 6.29. The van der Waals surface area contributed by atoms with E-state index < -0.39 is 0 Å². The first-order valence-corrected chi connectivity index (χ1v) is 6.71. The minimum atomic E-state index is 0.588. The second-order valence-electron chi connectivity index (χ2n) is 5.10. The molecule has 2 aliphatic heterocycles. The Hall–Kier alpha value is -0.800. The Labute approximate surface area is 107 Å². The van der Waals surface area contributed by atoms with Crippen molar-refractivity contribution < 1.29 is 0 Å². The summed E-state index contributed by atoms with van der Waals surface area (Å²) in [6.45, 7) is 2.18. The quantitative estimate of drug-likeness (QED) is 0.715. The molecule has 2 atom stereocenters. The predicted molar refractivity (Wildman–Crippen MR) is 70.7 cm³/mol. The monoisotopic (exact) mass is 251 g/mol. The zero-order valence-electron chi connectivity index (χ0n) is 10.1. The highest BCUT2D eigenvalue weighted by Gasteiger charge is 2.34. The fourth-order valence-corrected chi connectivity index (χ4v) is 3.25. The maximum absolute atomic E-state index is 5.96. The molecule has 0 aliphatic carbocycles. The van der Waals surface area contributed by atoms with E-state index in [2.05, 4.69) is 27.9 Å². The molecule has 0 spiro atoms. The van der Waals surface area contributed by atoms with E-state index in [1.165, 1.54) is 19.3 Å². The van der Waals surface area contributed by atoms with Crippen molar-refractivity contribution in [3.63, 3.8) is 0 Å². The van der Waals surface area contributed by atoms with Crippen molar-refractivity contribution in [2.75, 3.05) is 25.0 Å². The van der Waals surface area contributed by atoms with Gasteiger partial charge >= 0.3 is 0 Å². The average Bonchev–Trinajstić information content (AvgIpc) is 2.53.